The minimum atomic E-state index is 0.667. The van der Waals surface area contributed by atoms with Crippen LogP contribution < -0.4 is 9.47 Å². The standard InChI is InChI=1S/C17H23NO2/c1-18-14-6-7-15(18)11-13(10-14)8-9-20-17-5-3-4-16(12-17)19-2/h3-5,10,12,14-15H,6-9,11H2,1-2H3. The quantitative estimate of drug-likeness (QED) is 0.769. The van der Waals surface area contributed by atoms with Crippen molar-refractivity contribution in [1.82, 2.24) is 4.90 Å². The van der Waals surface area contributed by atoms with Crippen molar-refractivity contribution >= 4 is 0 Å². The number of rotatable bonds is 5. The third kappa shape index (κ3) is 2.83. The Morgan fingerprint density at radius 1 is 1.25 bits per heavy atom. The average Bonchev–Trinajstić information content (AvgIpc) is 2.69. The minimum absolute atomic E-state index is 0.667. The lowest BCUT2D eigenvalue weighted by Crippen LogP contribution is -2.35. The van der Waals surface area contributed by atoms with Gasteiger partial charge in [-0.05, 0) is 38.4 Å². The van der Waals surface area contributed by atoms with Crippen LogP contribution in [0.2, 0.25) is 0 Å². The molecular formula is C17H23NO2. The van der Waals surface area contributed by atoms with Gasteiger partial charge in [-0.2, -0.15) is 0 Å². The van der Waals surface area contributed by atoms with Gasteiger partial charge in [-0.15, -0.1) is 0 Å². The molecule has 0 radical (unpaired) electrons. The van der Waals surface area contributed by atoms with Crippen molar-refractivity contribution in [1.29, 1.82) is 0 Å². The number of hydrogen-bond acceptors (Lipinski definition) is 3. The van der Waals surface area contributed by atoms with Crippen molar-refractivity contribution in [2.24, 2.45) is 0 Å². The fourth-order valence-corrected chi connectivity index (χ4v) is 3.31. The zero-order valence-corrected chi connectivity index (χ0v) is 12.3. The van der Waals surface area contributed by atoms with Crippen LogP contribution >= 0.6 is 0 Å². The molecule has 20 heavy (non-hydrogen) atoms. The molecule has 2 atom stereocenters. The predicted octanol–water partition coefficient (Wildman–Crippen LogP) is 3.26. The van der Waals surface area contributed by atoms with Crippen molar-refractivity contribution in [3.05, 3.63) is 35.9 Å². The molecule has 1 fully saturated rings. The molecule has 1 saturated heterocycles. The van der Waals surface area contributed by atoms with Crippen LogP contribution in [0.25, 0.3) is 0 Å². The van der Waals surface area contributed by atoms with Crippen LogP contribution in [0.4, 0.5) is 0 Å². The second kappa shape index (κ2) is 5.88. The summed E-state index contributed by atoms with van der Waals surface area (Å²) in [5, 5.41) is 0. The van der Waals surface area contributed by atoms with Gasteiger partial charge in [-0.3, -0.25) is 4.90 Å². The van der Waals surface area contributed by atoms with Crippen LogP contribution in [0, 0.1) is 0 Å². The Hall–Kier alpha value is -1.48. The van der Waals surface area contributed by atoms with Gasteiger partial charge >= 0.3 is 0 Å². The van der Waals surface area contributed by atoms with Crippen LogP contribution in [-0.2, 0) is 0 Å². The van der Waals surface area contributed by atoms with Gasteiger partial charge in [-0.25, -0.2) is 0 Å². The second-order valence-electron chi connectivity index (χ2n) is 5.77. The van der Waals surface area contributed by atoms with E-state index in [2.05, 4.69) is 18.0 Å². The van der Waals surface area contributed by atoms with Gasteiger partial charge in [0.05, 0.1) is 13.7 Å². The summed E-state index contributed by atoms with van der Waals surface area (Å²) in [6.07, 6.45) is 7.38. The highest BCUT2D eigenvalue weighted by atomic mass is 16.5. The Morgan fingerprint density at radius 3 is 2.90 bits per heavy atom. The second-order valence-corrected chi connectivity index (χ2v) is 5.77. The molecule has 108 valence electrons. The highest BCUT2D eigenvalue weighted by Crippen LogP contribution is 2.34. The molecule has 3 heteroatoms. The Balaban J connectivity index is 1.52. The van der Waals surface area contributed by atoms with Crippen molar-refractivity contribution < 1.29 is 9.47 Å². The van der Waals surface area contributed by atoms with Gasteiger partial charge in [0.2, 0.25) is 0 Å². The lowest BCUT2D eigenvalue weighted by molar-refractivity contribution is 0.246. The summed E-state index contributed by atoms with van der Waals surface area (Å²) in [5.74, 6) is 1.74. The SMILES string of the molecule is COc1cccc(OCCC2=CC3CCC(C2)N3C)c1. The van der Waals surface area contributed by atoms with Gasteiger partial charge in [0.15, 0.2) is 0 Å². The minimum Gasteiger partial charge on any atom is -0.497 e. The van der Waals surface area contributed by atoms with Gasteiger partial charge in [0.1, 0.15) is 11.5 Å². The average molecular weight is 273 g/mol. The van der Waals surface area contributed by atoms with E-state index >= 15 is 0 Å². The Labute approximate surface area is 121 Å². The first-order valence-electron chi connectivity index (χ1n) is 7.44. The van der Waals surface area contributed by atoms with E-state index in [1.807, 2.05) is 24.3 Å². The monoisotopic (exact) mass is 273 g/mol. The largest absolute Gasteiger partial charge is 0.497 e. The summed E-state index contributed by atoms with van der Waals surface area (Å²) in [4.78, 5) is 2.52. The van der Waals surface area contributed by atoms with Gasteiger partial charge in [-0.1, -0.05) is 17.7 Å². The van der Waals surface area contributed by atoms with Crippen LogP contribution in [0.3, 0.4) is 0 Å². The zero-order chi connectivity index (χ0) is 13.9. The molecule has 2 aliphatic rings. The molecule has 0 amide bonds. The van der Waals surface area contributed by atoms with Crippen molar-refractivity contribution in [3.63, 3.8) is 0 Å². The summed E-state index contributed by atoms with van der Waals surface area (Å²) >= 11 is 0. The van der Waals surface area contributed by atoms with Crippen molar-refractivity contribution in [2.75, 3.05) is 20.8 Å². The molecule has 1 aromatic rings. The van der Waals surface area contributed by atoms with E-state index in [4.69, 9.17) is 9.47 Å². The van der Waals surface area contributed by atoms with E-state index in [-0.39, 0.29) is 0 Å². The van der Waals surface area contributed by atoms with Crippen LogP contribution in [0.5, 0.6) is 11.5 Å². The first-order chi connectivity index (χ1) is 9.76. The molecule has 2 aliphatic heterocycles. The third-order valence-corrected chi connectivity index (χ3v) is 4.55. The maximum absolute atomic E-state index is 5.83. The molecule has 3 nitrogen and oxygen atoms in total. The van der Waals surface area contributed by atoms with Crippen LogP contribution in [-0.4, -0.2) is 37.7 Å². The van der Waals surface area contributed by atoms with E-state index in [1.165, 1.54) is 19.3 Å². The maximum Gasteiger partial charge on any atom is 0.122 e. The third-order valence-electron chi connectivity index (χ3n) is 4.55. The molecule has 0 aliphatic carbocycles. The van der Waals surface area contributed by atoms with E-state index in [0.29, 0.717) is 6.04 Å². The van der Waals surface area contributed by atoms with Crippen molar-refractivity contribution in [3.8, 4) is 11.5 Å². The lowest BCUT2D eigenvalue weighted by Gasteiger charge is -2.30. The highest BCUT2D eigenvalue weighted by Gasteiger charge is 2.33. The van der Waals surface area contributed by atoms with E-state index in [1.54, 1.807) is 12.7 Å². The molecular weight excluding hydrogens is 250 g/mol. The predicted molar refractivity (Wildman–Crippen MR) is 80.4 cm³/mol. The summed E-state index contributed by atoms with van der Waals surface area (Å²) in [6, 6.07) is 9.24. The number of nitrogens with zero attached hydrogens (tertiary/aromatic N) is 1. The molecule has 0 spiro atoms. The molecule has 2 bridgehead atoms. The lowest BCUT2D eigenvalue weighted by atomic mass is 9.99. The van der Waals surface area contributed by atoms with Gasteiger partial charge in [0.25, 0.3) is 0 Å². The Kier molecular flexibility index (Phi) is 3.97. The van der Waals surface area contributed by atoms with Crippen LogP contribution in [0.1, 0.15) is 25.7 Å². The van der Waals surface area contributed by atoms with E-state index in [0.717, 1.165) is 30.6 Å². The number of likely N-dealkylation sites (N-methyl/N-ethyl adjacent to an activating group) is 1. The normalized spacial score (nSPS) is 25.4. The van der Waals surface area contributed by atoms with Gasteiger partial charge in [0, 0.05) is 24.6 Å². The Morgan fingerprint density at radius 2 is 2.10 bits per heavy atom. The number of methoxy groups -OCH3 is 1. The van der Waals surface area contributed by atoms with Gasteiger partial charge < -0.3 is 9.47 Å². The molecule has 0 aromatic heterocycles. The molecule has 3 rings (SSSR count). The summed E-state index contributed by atoms with van der Waals surface area (Å²) in [6.45, 7) is 0.752. The molecule has 2 heterocycles. The first-order valence-corrected chi connectivity index (χ1v) is 7.44. The smallest absolute Gasteiger partial charge is 0.122 e. The number of fused-ring (bicyclic) bond motifs is 2. The van der Waals surface area contributed by atoms with E-state index < -0.39 is 0 Å². The molecule has 0 saturated carbocycles. The van der Waals surface area contributed by atoms with E-state index in [9.17, 15) is 0 Å². The fourth-order valence-electron chi connectivity index (χ4n) is 3.31. The fraction of sp³-hybridized carbons (Fsp3) is 0.529. The molecule has 1 aromatic carbocycles. The number of ether oxygens (including phenoxy) is 2. The summed E-state index contributed by atoms with van der Waals surface area (Å²) in [5.41, 5.74) is 1.57. The molecule has 2 unspecified atom stereocenters. The number of benzene rings is 1. The zero-order valence-electron chi connectivity index (χ0n) is 12.3. The topological polar surface area (TPSA) is 21.7 Å². The van der Waals surface area contributed by atoms with Crippen molar-refractivity contribution in [2.45, 2.75) is 37.8 Å². The number of hydrogen-bond donors (Lipinski definition) is 0. The highest BCUT2D eigenvalue weighted by molar-refractivity contribution is 5.32. The summed E-state index contributed by atoms with van der Waals surface area (Å²) < 4.78 is 11.0. The van der Waals surface area contributed by atoms with Crippen LogP contribution in [0.15, 0.2) is 35.9 Å². The maximum atomic E-state index is 5.83. The summed E-state index contributed by atoms with van der Waals surface area (Å²) in [7, 11) is 3.93. The Bertz CT molecular complexity index is 498. The first kappa shape index (κ1) is 13.5. The molecule has 0 N–H and O–H groups in total.